The molecule has 0 bridgehead atoms. The van der Waals surface area contributed by atoms with Gasteiger partial charge in [-0.1, -0.05) is 12.1 Å². The largest absolute Gasteiger partial charge is 0.493 e. The molecule has 8 nitrogen and oxygen atoms in total. The van der Waals surface area contributed by atoms with Crippen LogP contribution < -0.4 is 14.8 Å². The number of nitro benzene ring substituents is 1. The van der Waals surface area contributed by atoms with Crippen LogP contribution in [0.3, 0.4) is 0 Å². The third-order valence-electron chi connectivity index (χ3n) is 5.93. The highest BCUT2D eigenvalue weighted by Crippen LogP contribution is 2.33. The highest BCUT2D eigenvalue weighted by atomic mass is 32.2. The summed E-state index contributed by atoms with van der Waals surface area (Å²) in [5, 5.41) is 13.9. The van der Waals surface area contributed by atoms with Crippen LogP contribution in [0.2, 0.25) is 0 Å². The molecule has 0 fully saturated rings. The summed E-state index contributed by atoms with van der Waals surface area (Å²) in [6, 6.07) is 17.6. The maximum absolute atomic E-state index is 12.5. The Hall–Kier alpha value is -3.56. The highest BCUT2D eigenvalue weighted by Gasteiger charge is 2.20. The Morgan fingerprint density at radius 1 is 1.06 bits per heavy atom. The number of anilines is 1. The molecule has 0 spiro atoms. The van der Waals surface area contributed by atoms with Gasteiger partial charge in [-0.25, -0.2) is 0 Å². The quantitative estimate of drug-likeness (QED) is 0.254. The van der Waals surface area contributed by atoms with E-state index in [9.17, 15) is 14.9 Å². The Kier molecular flexibility index (Phi) is 7.89. The van der Waals surface area contributed by atoms with Crippen LogP contribution in [-0.2, 0) is 13.0 Å². The number of hydrogen-bond donors (Lipinski definition) is 1. The molecule has 3 aromatic carbocycles. The molecule has 182 valence electrons. The summed E-state index contributed by atoms with van der Waals surface area (Å²) in [4.78, 5) is 26.6. The van der Waals surface area contributed by atoms with Crippen molar-refractivity contribution in [2.45, 2.75) is 17.9 Å². The van der Waals surface area contributed by atoms with Crippen LogP contribution in [-0.4, -0.2) is 48.8 Å². The average Bonchev–Trinajstić information content (AvgIpc) is 2.88. The molecule has 0 saturated heterocycles. The molecule has 0 radical (unpaired) electrons. The van der Waals surface area contributed by atoms with Gasteiger partial charge in [0.1, 0.15) is 5.56 Å². The number of hydrogen-bond acceptors (Lipinski definition) is 7. The van der Waals surface area contributed by atoms with Crippen molar-refractivity contribution in [3.8, 4) is 11.5 Å². The summed E-state index contributed by atoms with van der Waals surface area (Å²) in [5.41, 5.74) is 3.00. The first-order valence-electron chi connectivity index (χ1n) is 11.2. The second-order valence-electron chi connectivity index (χ2n) is 8.10. The van der Waals surface area contributed by atoms with Gasteiger partial charge in [-0.3, -0.25) is 19.8 Å². The maximum atomic E-state index is 12.5. The number of benzene rings is 3. The zero-order chi connectivity index (χ0) is 24.8. The molecule has 0 aromatic heterocycles. The number of amides is 1. The molecular formula is C26H27N3O5S. The van der Waals surface area contributed by atoms with Crippen LogP contribution in [0, 0.1) is 10.1 Å². The topological polar surface area (TPSA) is 93.9 Å². The normalized spacial score (nSPS) is 13.1. The number of para-hydroxylation sites is 1. The Morgan fingerprint density at radius 2 is 1.74 bits per heavy atom. The van der Waals surface area contributed by atoms with Gasteiger partial charge in [0.15, 0.2) is 11.5 Å². The van der Waals surface area contributed by atoms with Crippen LogP contribution >= 0.6 is 11.8 Å². The van der Waals surface area contributed by atoms with Crippen molar-refractivity contribution in [1.29, 1.82) is 0 Å². The number of thioether (sulfide) groups is 1. The molecule has 0 atom stereocenters. The first kappa shape index (κ1) is 24.6. The molecule has 3 aromatic rings. The fourth-order valence-electron chi connectivity index (χ4n) is 4.08. The number of nitrogens with one attached hydrogen (secondary N) is 1. The number of ether oxygens (including phenoxy) is 2. The van der Waals surface area contributed by atoms with E-state index >= 15 is 0 Å². The third kappa shape index (κ3) is 5.93. The van der Waals surface area contributed by atoms with Gasteiger partial charge in [-0.2, -0.15) is 0 Å². The van der Waals surface area contributed by atoms with Gasteiger partial charge in [0, 0.05) is 42.0 Å². The van der Waals surface area contributed by atoms with Gasteiger partial charge < -0.3 is 14.8 Å². The van der Waals surface area contributed by atoms with Crippen molar-refractivity contribution in [3.63, 3.8) is 0 Å². The minimum atomic E-state index is -0.553. The van der Waals surface area contributed by atoms with Crippen molar-refractivity contribution in [1.82, 2.24) is 4.90 Å². The number of carbonyl (C=O) groups excluding carboxylic acids is 1. The number of rotatable bonds is 9. The van der Waals surface area contributed by atoms with Crippen molar-refractivity contribution >= 4 is 29.0 Å². The zero-order valence-electron chi connectivity index (χ0n) is 19.7. The zero-order valence-corrected chi connectivity index (χ0v) is 20.5. The van der Waals surface area contributed by atoms with E-state index < -0.39 is 10.8 Å². The Labute approximate surface area is 208 Å². The molecular weight excluding hydrogens is 466 g/mol. The highest BCUT2D eigenvalue weighted by molar-refractivity contribution is 7.99. The SMILES string of the molecule is COc1cc2c(cc1OC)CN(CCSc1ccc(NC(=O)c3ccccc3[N+](=O)[O-])cc1)CC2. The van der Waals surface area contributed by atoms with Gasteiger partial charge in [-0.05, 0) is 60.0 Å². The van der Waals surface area contributed by atoms with Gasteiger partial charge in [0.2, 0.25) is 0 Å². The number of methoxy groups -OCH3 is 2. The molecule has 0 saturated carbocycles. The Bertz CT molecular complexity index is 1220. The molecule has 1 aliphatic heterocycles. The fraction of sp³-hybridized carbons (Fsp3) is 0.269. The maximum Gasteiger partial charge on any atom is 0.282 e. The molecule has 0 unspecified atom stereocenters. The summed E-state index contributed by atoms with van der Waals surface area (Å²) >= 11 is 1.75. The van der Waals surface area contributed by atoms with Crippen LogP contribution in [0.5, 0.6) is 11.5 Å². The van der Waals surface area contributed by atoms with Crippen molar-refractivity contribution in [2.24, 2.45) is 0 Å². The molecule has 35 heavy (non-hydrogen) atoms. The number of nitro groups is 1. The minimum Gasteiger partial charge on any atom is -0.493 e. The summed E-state index contributed by atoms with van der Waals surface area (Å²) in [7, 11) is 3.32. The molecule has 9 heteroatoms. The number of carbonyl (C=O) groups is 1. The first-order valence-corrected chi connectivity index (χ1v) is 12.2. The molecule has 1 amide bonds. The van der Waals surface area contributed by atoms with E-state index in [0.717, 1.165) is 48.2 Å². The molecule has 1 aliphatic rings. The van der Waals surface area contributed by atoms with E-state index in [1.54, 1.807) is 32.0 Å². The smallest absolute Gasteiger partial charge is 0.282 e. The van der Waals surface area contributed by atoms with Crippen LogP contribution in [0.15, 0.2) is 65.6 Å². The lowest BCUT2D eigenvalue weighted by atomic mass is 9.99. The number of nitrogens with zero attached hydrogens (tertiary/aromatic N) is 2. The fourth-order valence-corrected chi connectivity index (χ4v) is 5.00. The average molecular weight is 494 g/mol. The third-order valence-corrected chi connectivity index (χ3v) is 6.92. The van der Waals surface area contributed by atoms with Gasteiger partial charge in [0.25, 0.3) is 11.6 Å². The van der Waals surface area contributed by atoms with Crippen molar-refractivity contribution in [2.75, 3.05) is 38.4 Å². The van der Waals surface area contributed by atoms with E-state index in [0.29, 0.717) is 5.69 Å². The van der Waals surface area contributed by atoms with E-state index in [2.05, 4.69) is 22.3 Å². The van der Waals surface area contributed by atoms with Gasteiger partial charge in [0.05, 0.1) is 19.1 Å². The lowest BCUT2D eigenvalue weighted by Crippen LogP contribution is -2.32. The van der Waals surface area contributed by atoms with Gasteiger partial charge >= 0.3 is 0 Å². The van der Waals surface area contributed by atoms with Crippen molar-refractivity contribution < 1.29 is 19.2 Å². The second-order valence-corrected chi connectivity index (χ2v) is 9.27. The van der Waals surface area contributed by atoms with Crippen LogP contribution in [0.4, 0.5) is 11.4 Å². The number of fused-ring (bicyclic) bond motifs is 1. The van der Waals surface area contributed by atoms with E-state index in [1.807, 2.05) is 24.3 Å². The summed E-state index contributed by atoms with van der Waals surface area (Å²) in [6.07, 6.45) is 0.980. The minimum absolute atomic E-state index is 0.0371. The predicted octanol–water partition coefficient (Wildman–Crippen LogP) is 5.01. The Balaban J connectivity index is 1.29. The monoisotopic (exact) mass is 493 g/mol. The molecule has 1 N–H and O–H groups in total. The summed E-state index contributed by atoms with van der Waals surface area (Å²) in [6.45, 7) is 2.83. The van der Waals surface area contributed by atoms with E-state index in [4.69, 9.17) is 9.47 Å². The summed E-state index contributed by atoms with van der Waals surface area (Å²) < 4.78 is 10.9. The predicted molar refractivity (Wildman–Crippen MR) is 137 cm³/mol. The standard InChI is InChI=1S/C26H27N3O5S/c1-33-24-15-18-11-12-28(17-19(18)16-25(24)34-2)13-14-35-21-9-7-20(8-10-21)27-26(30)22-5-3-4-6-23(22)29(31)32/h3-10,15-16H,11-14,17H2,1-2H3,(H,27,30). The van der Waals surface area contributed by atoms with Crippen LogP contribution in [0.25, 0.3) is 0 Å². The van der Waals surface area contributed by atoms with Crippen molar-refractivity contribution in [3.05, 3.63) is 87.5 Å². The van der Waals surface area contributed by atoms with E-state index in [-0.39, 0.29) is 11.3 Å². The second kappa shape index (κ2) is 11.2. The molecule has 0 aliphatic carbocycles. The molecule has 4 rings (SSSR count). The van der Waals surface area contributed by atoms with E-state index in [1.165, 1.54) is 29.3 Å². The molecule has 1 heterocycles. The van der Waals surface area contributed by atoms with Crippen LogP contribution in [0.1, 0.15) is 21.5 Å². The first-order chi connectivity index (χ1) is 17.0. The lowest BCUT2D eigenvalue weighted by Gasteiger charge is -2.29. The lowest BCUT2D eigenvalue weighted by molar-refractivity contribution is -0.385. The summed E-state index contributed by atoms with van der Waals surface area (Å²) in [5.74, 6) is 1.97. The Morgan fingerprint density at radius 3 is 2.43 bits per heavy atom. The van der Waals surface area contributed by atoms with Gasteiger partial charge in [-0.15, -0.1) is 11.8 Å².